The first-order valence-electron chi connectivity index (χ1n) is 11.0. The van der Waals surface area contributed by atoms with E-state index in [1.54, 1.807) is 43.2 Å². The topological polar surface area (TPSA) is 84.2 Å². The Kier molecular flexibility index (Phi) is 7.45. The Balaban J connectivity index is 1.50. The number of ether oxygens (including phenoxy) is 2. The minimum absolute atomic E-state index is 0.108. The van der Waals surface area contributed by atoms with E-state index in [9.17, 15) is 14.0 Å². The molecule has 1 aromatic heterocycles. The van der Waals surface area contributed by atoms with E-state index in [1.807, 2.05) is 12.1 Å². The highest BCUT2D eigenvalue weighted by Crippen LogP contribution is 2.33. The fourth-order valence-electron chi connectivity index (χ4n) is 3.59. The Bertz CT molecular complexity index is 1200. The molecule has 0 saturated heterocycles. The molecule has 0 saturated carbocycles. The summed E-state index contributed by atoms with van der Waals surface area (Å²) in [5, 5.41) is 2.57. The molecule has 1 aliphatic rings. The molecule has 0 fully saturated rings. The minimum Gasteiger partial charge on any atom is -0.467 e. The lowest BCUT2D eigenvalue weighted by atomic mass is 10.1. The maximum Gasteiger partial charge on any atom is 0.322 e. The van der Waals surface area contributed by atoms with Crippen LogP contribution >= 0.6 is 11.6 Å². The lowest BCUT2D eigenvalue weighted by molar-refractivity contribution is -0.133. The molecule has 35 heavy (non-hydrogen) atoms. The molecule has 0 radical (unpaired) electrons. The number of fused-ring (bicyclic) bond motifs is 1. The molecular formula is C25H25ClFN3O5. The number of carbonyl (C=O) groups excluding carboxylic acids is 2. The van der Waals surface area contributed by atoms with Crippen LogP contribution in [0.15, 0.2) is 59.2 Å². The predicted molar refractivity (Wildman–Crippen MR) is 128 cm³/mol. The van der Waals surface area contributed by atoms with E-state index in [0.717, 1.165) is 5.56 Å². The molecule has 3 amide bonds. The Morgan fingerprint density at radius 2 is 1.89 bits per heavy atom. The van der Waals surface area contributed by atoms with Gasteiger partial charge in [0.1, 0.15) is 18.1 Å². The minimum atomic E-state index is -0.586. The largest absolute Gasteiger partial charge is 0.467 e. The first-order chi connectivity index (χ1) is 16.8. The zero-order chi connectivity index (χ0) is 24.9. The fourth-order valence-corrected chi connectivity index (χ4v) is 3.77. The quantitative estimate of drug-likeness (QED) is 0.454. The Morgan fingerprint density at radius 1 is 1.09 bits per heavy atom. The molecule has 10 heteroatoms. The van der Waals surface area contributed by atoms with Crippen molar-refractivity contribution in [2.45, 2.75) is 33.0 Å². The third kappa shape index (κ3) is 6.05. The van der Waals surface area contributed by atoms with Gasteiger partial charge in [0.05, 0.1) is 17.8 Å². The highest BCUT2D eigenvalue weighted by Gasteiger charge is 2.25. The first kappa shape index (κ1) is 24.4. The van der Waals surface area contributed by atoms with Crippen molar-refractivity contribution in [1.82, 2.24) is 9.80 Å². The summed E-state index contributed by atoms with van der Waals surface area (Å²) in [5.41, 5.74) is 1.17. The number of hydrogen-bond donors (Lipinski definition) is 1. The van der Waals surface area contributed by atoms with E-state index in [2.05, 4.69) is 5.32 Å². The molecule has 0 unspecified atom stereocenters. The van der Waals surface area contributed by atoms with Gasteiger partial charge in [0, 0.05) is 18.3 Å². The van der Waals surface area contributed by atoms with Crippen LogP contribution in [0.5, 0.6) is 11.5 Å². The number of furan rings is 1. The molecular weight excluding hydrogens is 477 g/mol. The molecule has 0 atom stereocenters. The predicted octanol–water partition coefficient (Wildman–Crippen LogP) is 5.27. The van der Waals surface area contributed by atoms with Gasteiger partial charge in [-0.25, -0.2) is 9.18 Å². The van der Waals surface area contributed by atoms with Crippen LogP contribution in [0.2, 0.25) is 5.02 Å². The van der Waals surface area contributed by atoms with Crippen molar-refractivity contribution in [3.8, 4) is 11.5 Å². The van der Waals surface area contributed by atoms with Gasteiger partial charge in [-0.3, -0.25) is 4.79 Å². The number of hydrogen-bond acceptors (Lipinski definition) is 5. The number of carbonyl (C=O) groups is 2. The number of halogens is 2. The van der Waals surface area contributed by atoms with Crippen LogP contribution in [0.4, 0.5) is 14.9 Å². The van der Waals surface area contributed by atoms with Gasteiger partial charge in [0.2, 0.25) is 12.7 Å². The van der Waals surface area contributed by atoms with Crippen molar-refractivity contribution in [2.24, 2.45) is 0 Å². The fraction of sp³-hybridized carbons (Fsp3) is 0.280. The number of amides is 3. The molecule has 2 heterocycles. The maximum absolute atomic E-state index is 13.5. The van der Waals surface area contributed by atoms with Crippen LogP contribution in [0.1, 0.15) is 25.2 Å². The van der Waals surface area contributed by atoms with Gasteiger partial charge in [-0.1, -0.05) is 17.7 Å². The summed E-state index contributed by atoms with van der Waals surface area (Å²) < 4.78 is 29.7. The number of nitrogens with one attached hydrogen (secondary N) is 1. The second-order valence-electron chi connectivity index (χ2n) is 8.30. The molecule has 0 bridgehead atoms. The number of nitrogens with zero attached hydrogens (tertiary/aromatic N) is 2. The van der Waals surface area contributed by atoms with Gasteiger partial charge in [-0.15, -0.1) is 0 Å². The van der Waals surface area contributed by atoms with E-state index in [-0.39, 0.29) is 43.4 Å². The van der Waals surface area contributed by atoms with E-state index in [0.29, 0.717) is 22.9 Å². The number of urea groups is 1. The van der Waals surface area contributed by atoms with Crippen molar-refractivity contribution in [3.63, 3.8) is 0 Å². The summed E-state index contributed by atoms with van der Waals surface area (Å²) in [6.45, 7) is 4.09. The van der Waals surface area contributed by atoms with Crippen LogP contribution < -0.4 is 14.8 Å². The van der Waals surface area contributed by atoms with E-state index < -0.39 is 11.8 Å². The van der Waals surface area contributed by atoms with Crippen molar-refractivity contribution < 1.29 is 27.9 Å². The van der Waals surface area contributed by atoms with Gasteiger partial charge < -0.3 is 29.0 Å². The molecule has 184 valence electrons. The number of benzene rings is 2. The zero-order valence-corrected chi connectivity index (χ0v) is 20.0. The third-order valence-corrected chi connectivity index (χ3v) is 5.74. The van der Waals surface area contributed by atoms with Crippen molar-refractivity contribution >= 4 is 29.2 Å². The average Bonchev–Trinajstić information content (AvgIpc) is 3.50. The second-order valence-corrected chi connectivity index (χ2v) is 8.70. The molecule has 3 aromatic rings. The van der Waals surface area contributed by atoms with Gasteiger partial charge in [0.25, 0.3) is 0 Å². The summed E-state index contributed by atoms with van der Waals surface area (Å²) in [7, 11) is 0. The summed E-state index contributed by atoms with van der Waals surface area (Å²) in [6, 6.07) is 12.1. The van der Waals surface area contributed by atoms with Gasteiger partial charge in [-0.05, 0) is 61.9 Å². The highest BCUT2D eigenvalue weighted by atomic mass is 35.5. The number of anilines is 1. The molecule has 0 aliphatic carbocycles. The highest BCUT2D eigenvalue weighted by molar-refractivity contribution is 6.31. The van der Waals surface area contributed by atoms with Gasteiger partial charge in [-0.2, -0.15) is 0 Å². The summed E-state index contributed by atoms with van der Waals surface area (Å²) in [5.74, 6) is 1.02. The summed E-state index contributed by atoms with van der Waals surface area (Å²) >= 11 is 5.82. The number of rotatable bonds is 8. The van der Waals surface area contributed by atoms with Crippen LogP contribution in [0.3, 0.4) is 0 Å². The van der Waals surface area contributed by atoms with Gasteiger partial charge in [0.15, 0.2) is 11.5 Å². The smallest absolute Gasteiger partial charge is 0.322 e. The third-order valence-electron chi connectivity index (χ3n) is 5.45. The molecule has 4 rings (SSSR count). The SMILES string of the molecule is CC(C)N(CC(=O)N(Cc1ccc2c(c1)OCO2)Cc1ccco1)C(=O)Nc1ccc(F)c(Cl)c1. The molecule has 2 aromatic carbocycles. The van der Waals surface area contributed by atoms with E-state index >= 15 is 0 Å². The molecule has 8 nitrogen and oxygen atoms in total. The Hall–Kier alpha value is -3.72. The zero-order valence-electron chi connectivity index (χ0n) is 19.3. The normalized spacial score (nSPS) is 12.0. The molecule has 0 spiro atoms. The van der Waals surface area contributed by atoms with E-state index in [4.69, 9.17) is 25.5 Å². The summed E-state index contributed by atoms with van der Waals surface area (Å²) in [4.78, 5) is 29.4. The Morgan fingerprint density at radius 3 is 2.60 bits per heavy atom. The van der Waals surface area contributed by atoms with Crippen molar-refractivity contribution in [2.75, 3.05) is 18.7 Å². The van der Waals surface area contributed by atoms with E-state index in [1.165, 1.54) is 23.1 Å². The molecule has 1 N–H and O–H groups in total. The van der Waals surface area contributed by atoms with Crippen molar-refractivity contribution in [1.29, 1.82) is 0 Å². The van der Waals surface area contributed by atoms with Crippen LogP contribution in [0.25, 0.3) is 0 Å². The molecule has 1 aliphatic heterocycles. The summed E-state index contributed by atoms with van der Waals surface area (Å²) in [6.07, 6.45) is 1.54. The average molecular weight is 502 g/mol. The van der Waals surface area contributed by atoms with Crippen LogP contribution in [0, 0.1) is 5.82 Å². The standard InChI is InChI=1S/C25H25ClFN3O5/c1-16(2)30(25(32)28-18-6-7-21(27)20(26)11-18)14-24(31)29(13-19-4-3-9-33-19)12-17-5-8-22-23(10-17)35-15-34-22/h3-11,16H,12-15H2,1-2H3,(H,28,32). The van der Waals surface area contributed by atoms with Crippen LogP contribution in [-0.2, 0) is 17.9 Å². The Labute approximate surface area is 207 Å². The maximum atomic E-state index is 13.5. The van der Waals surface area contributed by atoms with Crippen molar-refractivity contribution in [3.05, 3.63) is 77.0 Å². The first-order valence-corrected chi connectivity index (χ1v) is 11.4. The second kappa shape index (κ2) is 10.7. The lowest BCUT2D eigenvalue weighted by Gasteiger charge is -2.30. The monoisotopic (exact) mass is 501 g/mol. The van der Waals surface area contributed by atoms with Gasteiger partial charge >= 0.3 is 6.03 Å². The van der Waals surface area contributed by atoms with Crippen LogP contribution in [-0.4, -0.2) is 41.1 Å². The lowest BCUT2D eigenvalue weighted by Crippen LogP contribution is -2.47.